The molecule has 5 rings (SSSR count). The van der Waals surface area contributed by atoms with E-state index in [1.165, 1.54) is 38.5 Å². The van der Waals surface area contributed by atoms with Crippen molar-refractivity contribution in [3.8, 4) is 0 Å². The molecule has 3 heteroatoms. The number of benzene rings is 1. The number of carbonyl (C=O) groups excluding carboxylic acids is 1. The lowest BCUT2D eigenvalue weighted by Crippen LogP contribution is -2.54. The number of fused-ring (bicyclic) bond motifs is 5. The summed E-state index contributed by atoms with van der Waals surface area (Å²) in [6.07, 6.45) is 10.4. The van der Waals surface area contributed by atoms with Gasteiger partial charge in [0.2, 0.25) is 0 Å². The van der Waals surface area contributed by atoms with Crippen molar-refractivity contribution < 1.29 is 14.6 Å². The molecule has 4 fully saturated rings. The van der Waals surface area contributed by atoms with Gasteiger partial charge in [0.15, 0.2) is 0 Å². The maximum atomic E-state index is 12.7. The molecule has 0 spiro atoms. The van der Waals surface area contributed by atoms with Crippen molar-refractivity contribution in [2.45, 2.75) is 83.8 Å². The highest BCUT2D eigenvalue weighted by Crippen LogP contribution is 2.66. The van der Waals surface area contributed by atoms with Crippen LogP contribution < -0.4 is 0 Å². The second kappa shape index (κ2) is 7.11. The first-order valence-corrected chi connectivity index (χ1v) is 11.9. The zero-order chi connectivity index (χ0) is 20.2. The Labute approximate surface area is 175 Å². The highest BCUT2D eigenvalue weighted by molar-refractivity contribution is 5.89. The lowest BCUT2D eigenvalue weighted by Gasteiger charge is -2.60. The summed E-state index contributed by atoms with van der Waals surface area (Å²) in [4.78, 5) is 12.7. The fraction of sp³-hybridized carbons (Fsp3) is 0.731. The zero-order valence-corrected chi connectivity index (χ0v) is 18.0. The van der Waals surface area contributed by atoms with Gasteiger partial charge in [0.1, 0.15) is 6.10 Å². The average Bonchev–Trinajstić information content (AvgIpc) is 3.05. The zero-order valence-electron chi connectivity index (χ0n) is 18.0. The molecule has 0 radical (unpaired) electrons. The van der Waals surface area contributed by atoms with Crippen molar-refractivity contribution in [2.24, 2.45) is 34.5 Å². The van der Waals surface area contributed by atoms with Crippen LogP contribution in [0.3, 0.4) is 0 Å². The second-order valence-corrected chi connectivity index (χ2v) is 11.0. The van der Waals surface area contributed by atoms with Gasteiger partial charge >= 0.3 is 5.97 Å². The van der Waals surface area contributed by atoms with Crippen molar-refractivity contribution in [2.75, 3.05) is 0 Å². The van der Waals surface area contributed by atoms with Crippen LogP contribution >= 0.6 is 0 Å². The first-order chi connectivity index (χ1) is 13.9. The summed E-state index contributed by atoms with van der Waals surface area (Å²) in [5.74, 6) is 2.78. The SMILES string of the molecule is C[C@]12CC[C@H](O)C[C@@H]1CC[C@H]1[C@H]3CC[C@H](OC(=O)c4ccccc4)[C@@]3(C)CC[C@@H]12. The maximum absolute atomic E-state index is 12.7. The largest absolute Gasteiger partial charge is 0.458 e. The van der Waals surface area contributed by atoms with Crippen LogP contribution in [0.5, 0.6) is 0 Å². The Bertz CT molecular complexity index is 760. The molecular weight excluding hydrogens is 360 g/mol. The van der Waals surface area contributed by atoms with Gasteiger partial charge in [0.05, 0.1) is 11.7 Å². The Morgan fingerprint density at radius 1 is 0.931 bits per heavy atom. The molecule has 8 atom stereocenters. The molecule has 0 aromatic heterocycles. The van der Waals surface area contributed by atoms with Crippen LogP contribution in [-0.4, -0.2) is 23.3 Å². The van der Waals surface area contributed by atoms with Crippen LogP contribution in [0.2, 0.25) is 0 Å². The number of hydrogen-bond acceptors (Lipinski definition) is 3. The van der Waals surface area contributed by atoms with E-state index in [2.05, 4.69) is 13.8 Å². The highest BCUT2D eigenvalue weighted by Gasteiger charge is 2.61. The minimum absolute atomic E-state index is 0.0554. The molecule has 0 unspecified atom stereocenters. The van der Waals surface area contributed by atoms with Crippen LogP contribution in [0.15, 0.2) is 30.3 Å². The van der Waals surface area contributed by atoms with E-state index in [4.69, 9.17) is 4.74 Å². The van der Waals surface area contributed by atoms with Crippen molar-refractivity contribution >= 4 is 5.97 Å². The van der Waals surface area contributed by atoms with Crippen LogP contribution in [0.25, 0.3) is 0 Å². The number of aliphatic hydroxyl groups is 1. The molecule has 4 saturated carbocycles. The Morgan fingerprint density at radius 2 is 1.66 bits per heavy atom. The minimum atomic E-state index is -0.156. The molecule has 0 aliphatic heterocycles. The van der Waals surface area contributed by atoms with Gasteiger partial charge < -0.3 is 9.84 Å². The van der Waals surface area contributed by atoms with Crippen LogP contribution in [0.1, 0.15) is 82.0 Å². The Morgan fingerprint density at radius 3 is 2.45 bits per heavy atom. The summed E-state index contributed by atoms with van der Waals surface area (Å²) in [5, 5.41) is 10.2. The monoisotopic (exact) mass is 396 g/mol. The van der Waals surface area contributed by atoms with E-state index in [1.807, 2.05) is 30.3 Å². The quantitative estimate of drug-likeness (QED) is 0.660. The first kappa shape index (κ1) is 19.6. The van der Waals surface area contributed by atoms with Crippen molar-refractivity contribution in [3.05, 3.63) is 35.9 Å². The van der Waals surface area contributed by atoms with Crippen molar-refractivity contribution in [3.63, 3.8) is 0 Å². The molecule has 4 aliphatic carbocycles. The number of rotatable bonds is 2. The summed E-state index contributed by atoms with van der Waals surface area (Å²) in [5.41, 5.74) is 1.20. The molecule has 0 amide bonds. The van der Waals surface area contributed by atoms with E-state index in [9.17, 15) is 9.90 Å². The molecule has 0 saturated heterocycles. The second-order valence-electron chi connectivity index (χ2n) is 11.0. The Hall–Kier alpha value is -1.35. The smallest absolute Gasteiger partial charge is 0.338 e. The summed E-state index contributed by atoms with van der Waals surface area (Å²) < 4.78 is 6.12. The van der Waals surface area contributed by atoms with Gasteiger partial charge in [-0.15, -0.1) is 0 Å². The van der Waals surface area contributed by atoms with Crippen LogP contribution in [0.4, 0.5) is 0 Å². The first-order valence-electron chi connectivity index (χ1n) is 11.9. The van der Waals surface area contributed by atoms with Gasteiger partial charge in [0.25, 0.3) is 0 Å². The third kappa shape index (κ3) is 3.07. The maximum Gasteiger partial charge on any atom is 0.338 e. The molecule has 3 nitrogen and oxygen atoms in total. The molecular formula is C26H36O3. The molecule has 1 aromatic carbocycles. The third-order valence-electron chi connectivity index (χ3n) is 9.81. The molecule has 0 heterocycles. The topological polar surface area (TPSA) is 46.5 Å². The van der Waals surface area contributed by atoms with Gasteiger partial charge in [-0.05, 0) is 99.0 Å². The van der Waals surface area contributed by atoms with E-state index < -0.39 is 0 Å². The highest BCUT2D eigenvalue weighted by atomic mass is 16.5. The number of ether oxygens (including phenoxy) is 1. The third-order valence-corrected chi connectivity index (χ3v) is 9.81. The Balaban J connectivity index is 1.34. The van der Waals surface area contributed by atoms with E-state index in [1.54, 1.807) is 0 Å². The van der Waals surface area contributed by atoms with Crippen molar-refractivity contribution in [1.29, 1.82) is 0 Å². The number of esters is 1. The van der Waals surface area contributed by atoms with Gasteiger partial charge in [-0.1, -0.05) is 32.0 Å². The molecule has 4 aliphatic rings. The lowest BCUT2D eigenvalue weighted by molar-refractivity contribution is -0.134. The van der Waals surface area contributed by atoms with Gasteiger partial charge in [-0.3, -0.25) is 0 Å². The number of aliphatic hydroxyl groups excluding tert-OH is 1. The van der Waals surface area contributed by atoms with Crippen LogP contribution in [-0.2, 0) is 4.74 Å². The average molecular weight is 397 g/mol. The summed E-state index contributed by atoms with van der Waals surface area (Å²) in [6, 6.07) is 9.45. The fourth-order valence-corrected chi connectivity index (χ4v) is 8.15. The molecule has 1 N–H and O–H groups in total. The van der Waals surface area contributed by atoms with Gasteiger partial charge in [-0.25, -0.2) is 4.79 Å². The Kier molecular flexibility index (Phi) is 4.81. The fourth-order valence-electron chi connectivity index (χ4n) is 8.15. The number of carbonyl (C=O) groups is 1. The van der Waals surface area contributed by atoms with Gasteiger partial charge in [-0.2, -0.15) is 0 Å². The number of hydrogen-bond donors (Lipinski definition) is 1. The summed E-state index contributed by atoms with van der Waals surface area (Å²) in [6.45, 7) is 4.94. The van der Waals surface area contributed by atoms with E-state index in [0.717, 1.165) is 31.1 Å². The van der Waals surface area contributed by atoms with E-state index in [-0.39, 0.29) is 23.6 Å². The summed E-state index contributed by atoms with van der Waals surface area (Å²) >= 11 is 0. The molecule has 158 valence electrons. The normalized spacial score (nSPS) is 46.3. The van der Waals surface area contributed by atoms with E-state index in [0.29, 0.717) is 22.8 Å². The molecule has 29 heavy (non-hydrogen) atoms. The predicted molar refractivity (Wildman–Crippen MR) is 113 cm³/mol. The predicted octanol–water partition coefficient (Wildman–Crippen LogP) is 5.62. The van der Waals surface area contributed by atoms with Crippen molar-refractivity contribution in [1.82, 2.24) is 0 Å². The standard InChI is InChI=1S/C26H36O3/c1-25-14-12-19(27)16-18(25)8-9-20-21-10-11-23(26(21,2)15-13-22(20)25)29-24(28)17-6-4-3-5-7-17/h3-7,18-23,27H,8-16H2,1-2H3/t18-,19-,20-,21+,22-,23-,25-,26-/m0/s1. The minimum Gasteiger partial charge on any atom is -0.458 e. The molecule has 0 bridgehead atoms. The van der Waals surface area contributed by atoms with E-state index >= 15 is 0 Å². The van der Waals surface area contributed by atoms with Gasteiger partial charge in [0, 0.05) is 5.41 Å². The molecule has 1 aromatic rings. The van der Waals surface area contributed by atoms with Crippen LogP contribution in [0, 0.1) is 34.5 Å². The summed E-state index contributed by atoms with van der Waals surface area (Å²) in [7, 11) is 0. The lowest BCUT2D eigenvalue weighted by atomic mass is 9.45.